The summed E-state index contributed by atoms with van der Waals surface area (Å²) in [6.07, 6.45) is 0. The molecule has 0 unspecified atom stereocenters. The predicted molar refractivity (Wildman–Crippen MR) is 78.8 cm³/mol. The molecule has 0 aromatic heterocycles. The van der Waals surface area contributed by atoms with Gasteiger partial charge in [0.2, 0.25) is 0 Å². The zero-order valence-corrected chi connectivity index (χ0v) is 12.2. The Labute approximate surface area is 123 Å². The van der Waals surface area contributed by atoms with Gasteiger partial charge < -0.3 is 14.2 Å². The maximum Gasteiger partial charge on any atom is 0.341 e. The summed E-state index contributed by atoms with van der Waals surface area (Å²) in [5, 5.41) is 0. The lowest BCUT2D eigenvalue weighted by atomic mass is 9.91. The van der Waals surface area contributed by atoms with Crippen molar-refractivity contribution in [3.05, 3.63) is 47.0 Å². The minimum Gasteiger partial charge on any atom is -0.497 e. The average molecular weight is 284 g/mol. The largest absolute Gasteiger partial charge is 0.497 e. The quantitative estimate of drug-likeness (QED) is 0.793. The summed E-state index contributed by atoms with van der Waals surface area (Å²) >= 11 is 0. The second kappa shape index (κ2) is 5.13. The summed E-state index contributed by atoms with van der Waals surface area (Å²) in [5.74, 6) is 1.01. The molecule has 0 atom stereocenters. The summed E-state index contributed by atoms with van der Waals surface area (Å²) < 4.78 is 15.9. The van der Waals surface area contributed by atoms with Crippen molar-refractivity contribution < 1.29 is 19.0 Å². The maximum atomic E-state index is 11.9. The van der Waals surface area contributed by atoms with Gasteiger partial charge in [0.25, 0.3) is 0 Å². The van der Waals surface area contributed by atoms with Crippen LogP contribution in [0.25, 0.3) is 11.1 Å². The molecule has 21 heavy (non-hydrogen) atoms. The van der Waals surface area contributed by atoms with Crippen molar-refractivity contribution in [3.8, 4) is 22.6 Å². The van der Waals surface area contributed by atoms with Crippen LogP contribution in [0.4, 0.5) is 0 Å². The van der Waals surface area contributed by atoms with Gasteiger partial charge in [0.1, 0.15) is 23.7 Å². The molecule has 1 aliphatic heterocycles. The number of esters is 1. The molecule has 0 N–H and O–H groups in total. The van der Waals surface area contributed by atoms with E-state index in [0.29, 0.717) is 17.9 Å². The molecule has 0 saturated carbocycles. The molecule has 1 aliphatic rings. The fourth-order valence-corrected chi connectivity index (χ4v) is 2.75. The molecule has 0 fully saturated rings. The Hall–Kier alpha value is -2.49. The average Bonchev–Trinajstić information content (AvgIpc) is 2.52. The van der Waals surface area contributed by atoms with E-state index in [2.05, 4.69) is 0 Å². The summed E-state index contributed by atoms with van der Waals surface area (Å²) in [6, 6.07) is 9.47. The lowest BCUT2D eigenvalue weighted by Crippen LogP contribution is -2.12. The molecule has 2 aromatic carbocycles. The van der Waals surface area contributed by atoms with Crippen LogP contribution in [0, 0.1) is 6.92 Å². The first kappa shape index (κ1) is 13.5. The predicted octanol–water partition coefficient (Wildman–Crippen LogP) is 3.35. The first-order valence-electron chi connectivity index (χ1n) is 6.67. The van der Waals surface area contributed by atoms with E-state index in [0.717, 1.165) is 28.0 Å². The molecule has 4 heteroatoms. The van der Waals surface area contributed by atoms with Gasteiger partial charge in [-0.25, -0.2) is 4.79 Å². The van der Waals surface area contributed by atoms with Gasteiger partial charge in [-0.05, 0) is 36.2 Å². The third-order valence-corrected chi connectivity index (χ3v) is 3.69. The van der Waals surface area contributed by atoms with Gasteiger partial charge in [-0.2, -0.15) is 0 Å². The van der Waals surface area contributed by atoms with E-state index in [-0.39, 0.29) is 5.97 Å². The highest BCUT2D eigenvalue weighted by Gasteiger charge is 2.25. The monoisotopic (exact) mass is 284 g/mol. The van der Waals surface area contributed by atoms with E-state index in [1.165, 1.54) is 7.11 Å². The van der Waals surface area contributed by atoms with Crippen LogP contribution < -0.4 is 9.47 Å². The zero-order chi connectivity index (χ0) is 15.0. The standard InChI is InChI=1S/C17H16O4/c1-10-7-12(19-2)8-11-9-21-16-13(15(10)11)5-4-6-14(16)17(18)20-3/h4-8H,9H2,1-3H3. The molecule has 1 heterocycles. The highest BCUT2D eigenvalue weighted by atomic mass is 16.5. The number of rotatable bonds is 2. The lowest BCUT2D eigenvalue weighted by Gasteiger charge is -2.24. The first-order chi connectivity index (χ1) is 10.2. The van der Waals surface area contributed by atoms with Crippen LogP contribution in [0.15, 0.2) is 30.3 Å². The molecular formula is C17H16O4. The number of hydrogen-bond acceptors (Lipinski definition) is 4. The third kappa shape index (κ3) is 2.13. The maximum absolute atomic E-state index is 11.9. The number of hydrogen-bond donors (Lipinski definition) is 0. The van der Waals surface area contributed by atoms with E-state index in [1.807, 2.05) is 31.2 Å². The van der Waals surface area contributed by atoms with Crippen molar-refractivity contribution >= 4 is 5.97 Å². The van der Waals surface area contributed by atoms with Crippen molar-refractivity contribution in [2.75, 3.05) is 14.2 Å². The van der Waals surface area contributed by atoms with Gasteiger partial charge in [-0.15, -0.1) is 0 Å². The topological polar surface area (TPSA) is 44.8 Å². The minimum absolute atomic E-state index is 0.388. The van der Waals surface area contributed by atoms with Crippen LogP contribution >= 0.6 is 0 Å². The van der Waals surface area contributed by atoms with E-state index >= 15 is 0 Å². The molecule has 0 spiro atoms. The summed E-state index contributed by atoms with van der Waals surface area (Å²) in [7, 11) is 3.02. The highest BCUT2D eigenvalue weighted by Crippen LogP contribution is 2.43. The fourth-order valence-electron chi connectivity index (χ4n) is 2.75. The van der Waals surface area contributed by atoms with Gasteiger partial charge in [-0.1, -0.05) is 12.1 Å². The molecule has 0 bridgehead atoms. The number of para-hydroxylation sites is 1. The number of carbonyl (C=O) groups excluding carboxylic acids is 1. The van der Waals surface area contributed by atoms with Crippen LogP contribution in [-0.4, -0.2) is 20.2 Å². The number of carbonyl (C=O) groups is 1. The normalized spacial score (nSPS) is 12.0. The van der Waals surface area contributed by atoms with Gasteiger partial charge in [-0.3, -0.25) is 0 Å². The van der Waals surface area contributed by atoms with E-state index in [9.17, 15) is 4.79 Å². The highest BCUT2D eigenvalue weighted by molar-refractivity contribution is 5.96. The molecule has 0 radical (unpaired) electrons. The Morgan fingerprint density at radius 3 is 2.76 bits per heavy atom. The van der Waals surface area contributed by atoms with Gasteiger partial charge in [0.15, 0.2) is 0 Å². The third-order valence-electron chi connectivity index (χ3n) is 3.69. The molecule has 4 nitrogen and oxygen atoms in total. The van der Waals surface area contributed by atoms with Crippen LogP contribution in [0.5, 0.6) is 11.5 Å². The van der Waals surface area contributed by atoms with E-state index in [4.69, 9.17) is 14.2 Å². The van der Waals surface area contributed by atoms with Crippen LogP contribution in [-0.2, 0) is 11.3 Å². The Balaban J connectivity index is 2.22. The SMILES string of the molecule is COC(=O)c1cccc2c1OCc1cc(OC)cc(C)c1-2. The number of benzene rings is 2. The summed E-state index contributed by atoms with van der Waals surface area (Å²) in [6.45, 7) is 2.44. The van der Waals surface area contributed by atoms with Crippen molar-refractivity contribution in [3.63, 3.8) is 0 Å². The van der Waals surface area contributed by atoms with Crippen molar-refractivity contribution in [1.29, 1.82) is 0 Å². The number of methoxy groups -OCH3 is 2. The van der Waals surface area contributed by atoms with Gasteiger partial charge in [0.05, 0.1) is 14.2 Å². The van der Waals surface area contributed by atoms with Crippen molar-refractivity contribution in [2.45, 2.75) is 13.5 Å². The summed E-state index contributed by atoms with van der Waals surface area (Å²) in [4.78, 5) is 11.9. The zero-order valence-electron chi connectivity index (χ0n) is 12.2. The first-order valence-corrected chi connectivity index (χ1v) is 6.67. The van der Waals surface area contributed by atoms with Crippen LogP contribution in [0.1, 0.15) is 21.5 Å². The molecular weight excluding hydrogens is 268 g/mol. The van der Waals surface area contributed by atoms with E-state index < -0.39 is 0 Å². The van der Waals surface area contributed by atoms with Gasteiger partial charge >= 0.3 is 5.97 Å². The minimum atomic E-state index is -0.388. The Kier molecular flexibility index (Phi) is 3.29. The molecule has 108 valence electrons. The lowest BCUT2D eigenvalue weighted by molar-refractivity contribution is 0.0595. The van der Waals surface area contributed by atoms with Crippen LogP contribution in [0.2, 0.25) is 0 Å². The smallest absolute Gasteiger partial charge is 0.341 e. The summed E-state index contributed by atoms with van der Waals surface area (Å²) in [5.41, 5.74) is 4.62. The Morgan fingerprint density at radius 1 is 1.24 bits per heavy atom. The van der Waals surface area contributed by atoms with Crippen molar-refractivity contribution in [1.82, 2.24) is 0 Å². The van der Waals surface area contributed by atoms with E-state index in [1.54, 1.807) is 13.2 Å². The molecule has 0 amide bonds. The molecule has 2 aromatic rings. The molecule has 3 rings (SSSR count). The Morgan fingerprint density at radius 2 is 2.05 bits per heavy atom. The van der Waals surface area contributed by atoms with Gasteiger partial charge in [0, 0.05) is 11.1 Å². The second-order valence-electron chi connectivity index (χ2n) is 4.94. The van der Waals surface area contributed by atoms with Crippen LogP contribution in [0.3, 0.4) is 0 Å². The number of aryl methyl sites for hydroxylation is 1. The second-order valence-corrected chi connectivity index (χ2v) is 4.94. The number of ether oxygens (including phenoxy) is 3. The van der Waals surface area contributed by atoms with Crippen molar-refractivity contribution in [2.24, 2.45) is 0 Å². The molecule has 0 saturated heterocycles. The fraction of sp³-hybridized carbons (Fsp3) is 0.235. The number of fused-ring (bicyclic) bond motifs is 3. The molecule has 0 aliphatic carbocycles. The Bertz CT molecular complexity index is 719.